The van der Waals surface area contributed by atoms with Crippen molar-refractivity contribution in [3.8, 4) is 11.5 Å². The highest BCUT2D eigenvalue weighted by molar-refractivity contribution is 6.30. The number of methoxy groups -OCH3 is 1. The van der Waals surface area contributed by atoms with E-state index in [1.54, 1.807) is 50.4 Å². The van der Waals surface area contributed by atoms with Gasteiger partial charge in [-0.1, -0.05) is 17.7 Å². The molecule has 0 saturated heterocycles. The van der Waals surface area contributed by atoms with Crippen LogP contribution in [0.15, 0.2) is 46.9 Å². The number of fused-ring (bicyclic) bond motifs is 1. The molecule has 1 aromatic heterocycles. The quantitative estimate of drug-likeness (QED) is 0.522. The third-order valence-electron chi connectivity index (χ3n) is 3.34. The number of ether oxygens (including phenoxy) is 2. The fourth-order valence-electron chi connectivity index (χ4n) is 2.21. The van der Waals surface area contributed by atoms with Crippen molar-refractivity contribution < 1.29 is 18.7 Å². The molecule has 2 aromatic carbocycles. The Morgan fingerprint density at radius 3 is 2.68 bits per heavy atom. The number of halogens is 1. The molecule has 0 amide bonds. The SMILES string of the molecule is COc1ccc2oc(C(=O)Oc3cccc(Cl)c3)c(C)c2c1. The summed E-state index contributed by atoms with van der Waals surface area (Å²) < 4.78 is 16.1. The minimum absolute atomic E-state index is 0.170. The van der Waals surface area contributed by atoms with Crippen molar-refractivity contribution in [2.75, 3.05) is 7.11 Å². The highest BCUT2D eigenvalue weighted by Crippen LogP contribution is 2.29. The Labute approximate surface area is 132 Å². The summed E-state index contributed by atoms with van der Waals surface area (Å²) in [6.07, 6.45) is 0. The van der Waals surface area contributed by atoms with Gasteiger partial charge in [-0.25, -0.2) is 4.79 Å². The van der Waals surface area contributed by atoms with Gasteiger partial charge in [0.15, 0.2) is 0 Å². The van der Waals surface area contributed by atoms with Crippen LogP contribution in [0, 0.1) is 6.92 Å². The highest BCUT2D eigenvalue weighted by atomic mass is 35.5. The second-order valence-corrected chi connectivity index (χ2v) is 5.20. The van der Waals surface area contributed by atoms with E-state index in [9.17, 15) is 4.79 Å². The molecule has 0 saturated carbocycles. The van der Waals surface area contributed by atoms with Crippen LogP contribution in [0.1, 0.15) is 16.1 Å². The molecule has 0 aliphatic heterocycles. The maximum atomic E-state index is 12.3. The number of carbonyl (C=O) groups is 1. The minimum Gasteiger partial charge on any atom is -0.497 e. The Hall–Kier alpha value is -2.46. The molecule has 0 fully saturated rings. The second-order valence-electron chi connectivity index (χ2n) is 4.77. The lowest BCUT2D eigenvalue weighted by atomic mass is 10.1. The van der Waals surface area contributed by atoms with Gasteiger partial charge in [-0.2, -0.15) is 0 Å². The molecule has 1 heterocycles. The maximum absolute atomic E-state index is 12.3. The zero-order valence-electron chi connectivity index (χ0n) is 12.1. The van der Waals surface area contributed by atoms with Crippen LogP contribution in [0.25, 0.3) is 11.0 Å². The van der Waals surface area contributed by atoms with Crippen LogP contribution in [0.5, 0.6) is 11.5 Å². The van der Waals surface area contributed by atoms with E-state index in [1.165, 1.54) is 0 Å². The fraction of sp³-hybridized carbons (Fsp3) is 0.118. The third-order valence-corrected chi connectivity index (χ3v) is 3.57. The van der Waals surface area contributed by atoms with Crippen LogP contribution in [-0.2, 0) is 0 Å². The summed E-state index contributed by atoms with van der Waals surface area (Å²) in [6, 6.07) is 12.0. The van der Waals surface area contributed by atoms with Crippen molar-refractivity contribution in [3.63, 3.8) is 0 Å². The van der Waals surface area contributed by atoms with Crippen molar-refractivity contribution in [1.29, 1.82) is 0 Å². The van der Waals surface area contributed by atoms with Crippen molar-refractivity contribution in [3.05, 3.63) is 58.8 Å². The third kappa shape index (κ3) is 2.65. The van der Waals surface area contributed by atoms with E-state index in [-0.39, 0.29) is 5.76 Å². The van der Waals surface area contributed by atoms with Crippen molar-refractivity contribution in [1.82, 2.24) is 0 Å². The molecule has 0 bridgehead atoms. The molecular weight excluding hydrogens is 304 g/mol. The first-order valence-electron chi connectivity index (χ1n) is 6.63. The Kier molecular flexibility index (Phi) is 3.77. The zero-order chi connectivity index (χ0) is 15.7. The number of benzene rings is 2. The van der Waals surface area contributed by atoms with Crippen molar-refractivity contribution in [2.45, 2.75) is 6.92 Å². The molecule has 0 unspecified atom stereocenters. The van der Waals surface area contributed by atoms with Crippen LogP contribution in [0.2, 0.25) is 5.02 Å². The van der Waals surface area contributed by atoms with Gasteiger partial charge in [0.2, 0.25) is 5.76 Å². The molecule has 3 rings (SSSR count). The van der Waals surface area contributed by atoms with E-state index < -0.39 is 5.97 Å². The number of furan rings is 1. The largest absolute Gasteiger partial charge is 0.497 e. The highest BCUT2D eigenvalue weighted by Gasteiger charge is 2.20. The first kappa shape index (κ1) is 14.5. The number of rotatable bonds is 3. The topological polar surface area (TPSA) is 48.7 Å². The van der Waals surface area contributed by atoms with Gasteiger partial charge in [0.25, 0.3) is 0 Å². The molecule has 0 radical (unpaired) electrons. The number of aryl methyl sites for hydroxylation is 1. The van der Waals surface area contributed by atoms with Gasteiger partial charge in [-0.05, 0) is 43.3 Å². The fourth-order valence-corrected chi connectivity index (χ4v) is 2.39. The predicted octanol–water partition coefficient (Wildman–Crippen LogP) is 4.62. The Morgan fingerprint density at radius 1 is 1.14 bits per heavy atom. The molecule has 4 nitrogen and oxygen atoms in total. The Bertz CT molecular complexity index is 851. The summed E-state index contributed by atoms with van der Waals surface area (Å²) in [4.78, 5) is 12.3. The average Bonchev–Trinajstić information content (AvgIpc) is 2.84. The lowest BCUT2D eigenvalue weighted by Crippen LogP contribution is -2.08. The van der Waals surface area contributed by atoms with Crippen LogP contribution < -0.4 is 9.47 Å². The molecule has 112 valence electrons. The van der Waals surface area contributed by atoms with E-state index in [0.29, 0.717) is 27.7 Å². The van der Waals surface area contributed by atoms with Gasteiger partial charge in [0.05, 0.1) is 7.11 Å². The van der Waals surface area contributed by atoms with E-state index >= 15 is 0 Å². The van der Waals surface area contributed by atoms with Gasteiger partial charge < -0.3 is 13.9 Å². The molecule has 0 aliphatic carbocycles. The van der Waals surface area contributed by atoms with Gasteiger partial charge >= 0.3 is 5.97 Å². The Morgan fingerprint density at radius 2 is 1.95 bits per heavy atom. The normalized spacial score (nSPS) is 10.7. The average molecular weight is 317 g/mol. The summed E-state index contributed by atoms with van der Waals surface area (Å²) in [5, 5.41) is 1.31. The molecule has 0 aliphatic rings. The van der Waals surface area contributed by atoms with Gasteiger partial charge in [0, 0.05) is 16.0 Å². The summed E-state index contributed by atoms with van der Waals surface area (Å²) in [5.74, 6) is 0.680. The predicted molar refractivity (Wildman–Crippen MR) is 83.9 cm³/mol. The van der Waals surface area contributed by atoms with E-state index in [2.05, 4.69) is 0 Å². The van der Waals surface area contributed by atoms with E-state index in [1.807, 2.05) is 6.07 Å². The molecule has 5 heteroatoms. The van der Waals surface area contributed by atoms with Gasteiger partial charge in [0.1, 0.15) is 17.1 Å². The smallest absolute Gasteiger partial charge is 0.379 e. The summed E-state index contributed by atoms with van der Waals surface area (Å²) >= 11 is 5.87. The van der Waals surface area contributed by atoms with Crippen LogP contribution in [-0.4, -0.2) is 13.1 Å². The van der Waals surface area contributed by atoms with Gasteiger partial charge in [-0.3, -0.25) is 0 Å². The summed E-state index contributed by atoms with van der Waals surface area (Å²) in [5.41, 5.74) is 1.32. The zero-order valence-corrected chi connectivity index (χ0v) is 12.8. The van der Waals surface area contributed by atoms with Crippen LogP contribution in [0.4, 0.5) is 0 Å². The lowest BCUT2D eigenvalue weighted by molar-refractivity contribution is 0.0703. The molecule has 0 N–H and O–H groups in total. The first-order valence-corrected chi connectivity index (χ1v) is 7.01. The van der Waals surface area contributed by atoms with Crippen molar-refractivity contribution in [2.24, 2.45) is 0 Å². The van der Waals surface area contributed by atoms with Crippen LogP contribution >= 0.6 is 11.6 Å². The molecule has 22 heavy (non-hydrogen) atoms. The summed E-state index contributed by atoms with van der Waals surface area (Å²) in [6.45, 7) is 1.81. The van der Waals surface area contributed by atoms with E-state index in [4.69, 9.17) is 25.5 Å². The standard InChI is InChI=1S/C17H13ClO4/c1-10-14-9-12(20-2)6-7-15(14)22-16(10)17(19)21-13-5-3-4-11(18)8-13/h3-9H,1-2H3. The molecular formula is C17H13ClO4. The maximum Gasteiger partial charge on any atom is 0.379 e. The number of carbonyl (C=O) groups excluding carboxylic acids is 1. The molecule has 0 spiro atoms. The number of esters is 1. The number of hydrogen-bond acceptors (Lipinski definition) is 4. The lowest BCUT2D eigenvalue weighted by Gasteiger charge is -2.03. The molecule has 3 aromatic rings. The summed E-state index contributed by atoms with van der Waals surface area (Å²) in [7, 11) is 1.59. The first-order chi connectivity index (χ1) is 10.6. The molecule has 0 atom stereocenters. The van der Waals surface area contributed by atoms with E-state index in [0.717, 1.165) is 5.39 Å². The number of hydrogen-bond donors (Lipinski definition) is 0. The monoisotopic (exact) mass is 316 g/mol. The van der Waals surface area contributed by atoms with Gasteiger partial charge in [-0.15, -0.1) is 0 Å². The minimum atomic E-state index is -0.560. The second kappa shape index (κ2) is 5.73. The van der Waals surface area contributed by atoms with Crippen LogP contribution in [0.3, 0.4) is 0 Å². The van der Waals surface area contributed by atoms with Crippen molar-refractivity contribution >= 4 is 28.5 Å². The Balaban J connectivity index is 1.95.